The van der Waals surface area contributed by atoms with Gasteiger partial charge in [0.25, 0.3) is 0 Å². The van der Waals surface area contributed by atoms with E-state index < -0.39 is 5.97 Å². The molecule has 0 amide bonds. The van der Waals surface area contributed by atoms with Crippen LogP contribution in [0.3, 0.4) is 0 Å². The van der Waals surface area contributed by atoms with E-state index in [0.717, 1.165) is 17.8 Å². The van der Waals surface area contributed by atoms with Crippen LogP contribution in [0.4, 0.5) is 5.69 Å². The molecular formula is C13H17NO2. The second kappa shape index (κ2) is 4.16. The highest BCUT2D eigenvalue weighted by Gasteiger charge is 2.21. The largest absolute Gasteiger partial charge is 0.478 e. The van der Waals surface area contributed by atoms with Crippen molar-refractivity contribution in [2.24, 2.45) is 0 Å². The predicted molar refractivity (Wildman–Crippen MR) is 64.2 cm³/mol. The van der Waals surface area contributed by atoms with Gasteiger partial charge >= 0.3 is 5.97 Å². The molecule has 1 saturated heterocycles. The van der Waals surface area contributed by atoms with Crippen molar-refractivity contribution in [2.45, 2.75) is 32.7 Å². The van der Waals surface area contributed by atoms with Gasteiger partial charge in [-0.05, 0) is 44.4 Å². The number of carbonyl (C=O) groups is 1. The van der Waals surface area contributed by atoms with Gasteiger partial charge in [-0.1, -0.05) is 6.07 Å². The van der Waals surface area contributed by atoms with Crippen LogP contribution in [0.1, 0.15) is 35.7 Å². The van der Waals surface area contributed by atoms with Crippen molar-refractivity contribution in [1.82, 2.24) is 0 Å². The Bertz CT molecular complexity index is 414. The molecule has 16 heavy (non-hydrogen) atoms. The zero-order valence-electron chi connectivity index (χ0n) is 9.73. The number of aryl methyl sites for hydroxylation is 1. The second-order valence-electron chi connectivity index (χ2n) is 4.49. The van der Waals surface area contributed by atoms with Crippen LogP contribution in [0.15, 0.2) is 18.2 Å². The number of benzene rings is 1. The number of aromatic carboxylic acids is 1. The van der Waals surface area contributed by atoms with Crippen molar-refractivity contribution in [1.29, 1.82) is 0 Å². The molecule has 0 bridgehead atoms. The lowest BCUT2D eigenvalue weighted by Crippen LogP contribution is -2.26. The molecule has 1 fully saturated rings. The Morgan fingerprint density at radius 1 is 1.50 bits per heavy atom. The highest BCUT2D eigenvalue weighted by atomic mass is 16.4. The lowest BCUT2D eigenvalue weighted by Gasteiger charge is -2.24. The lowest BCUT2D eigenvalue weighted by molar-refractivity contribution is 0.0696. The summed E-state index contributed by atoms with van der Waals surface area (Å²) < 4.78 is 0. The molecule has 0 saturated carbocycles. The van der Waals surface area contributed by atoms with Crippen LogP contribution >= 0.6 is 0 Å². The predicted octanol–water partition coefficient (Wildman–Crippen LogP) is 2.68. The third-order valence-electron chi connectivity index (χ3n) is 3.34. The molecule has 1 N–H and O–H groups in total. The van der Waals surface area contributed by atoms with Crippen molar-refractivity contribution in [2.75, 3.05) is 11.4 Å². The Hall–Kier alpha value is -1.51. The third kappa shape index (κ3) is 1.90. The van der Waals surface area contributed by atoms with Gasteiger partial charge in [0.15, 0.2) is 0 Å². The topological polar surface area (TPSA) is 40.5 Å². The van der Waals surface area contributed by atoms with Gasteiger partial charge in [0.2, 0.25) is 0 Å². The lowest BCUT2D eigenvalue weighted by atomic mass is 10.1. The number of hydrogen-bond acceptors (Lipinski definition) is 2. The molecule has 0 aromatic heterocycles. The normalized spacial score (nSPS) is 20.1. The summed E-state index contributed by atoms with van der Waals surface area (Å²) in [6, 6.07) is 6.22. The van der Waals surface area contributed by atoms with E-state index in [2.05, 4.69) is 11.8 Å². The fraction of sp³-hybridized carbons (Fsp3) is 0.462. The van der Waals surface area contributed by atoms with Crippen molar-refractivity contribution in [3.8, 4) is 0 Å². The first-order chi connectivity index (χ1) is 7.59. The molecular weight excluding hydrogens is 202 g/mol. The first-order valence-corrected chi connectivity index (χ1v) is 5.70. The number of hydrogen-bond donors (Lipinski definition) is 1. The average molecular weight is 219 g/mol. The quantitative estimate of drug-likeness (QED) is 0.831. The van der Waals surface area contributed by atoms with Gasteiger partial charge in [-0.25, -0.2) is 4.79 Å². The maximum absolute atomic E-state index is 11.1. The van der Waals surface area contributed by atoms with E-state index >= 15 is 0 Å². The summed E-state index contributed by atoms with van der Waals surface area (Å²) in [5.41, 5.74) is 2.27. The Morgan fingerprint density at radius 2 is 2.25 bits per heavy atom. The van der Waals surface area contributed by atoms with Crippen molar-refractivity contribution in [3.63, 3.8) is 0 Å². The molecule has 3 heteroatoms. The van der Waals surface area contributed by atoms with Crippen molar-refractivity contribution in [3.05, 3.63) is 29.3 Å². The minimum atomic E-state index is -0.841. The Morgan fingerprint density at radius 3 is 2.81 bits per heavy atom. The van der Waals surface area contributed by atoms with E-state index in [-0.39, 0.29) is 0 Å². The number of anilines is 1. The molecule has 1 heterocycles. The number of carboxylic acids is 1. The molecule has 1 unspecified atom stereocenters. The Kier molecular flexibility index (Phi) is 2.86. The summed E-state index contributed by atoms with van der Waals surface area (Å²) in [4.78, 5) is 13.3. The Labute approximate surface area is 95.7 Å². The fourth-order valence-electron chi connectivity index (χ4n) is 2.34. The average Bonchev–Trinajstić information content (AvgIpc) is 2.65. The summed E-state index contributed by atoms with van der Waals surface area (Å²) in [7, 11) is 0. The van der Waals surface area contributed by atoms with E-state index in [1.807, 2.05) is 19.1 Å². The molecule has 3 nitrogen and oxygen atoms in total. The maximum Gasteiger partial charge on any atom is 0.336 e. The molecule has 0 radical (unpaired) electrons. The fourth-order valence-corrected chi connectivity index (χ4v) is 2.34. The van der Waals surface area contributed by atoms with E-state index in [0.29, 0.717) is 11.6 Å². The van der Waals surface area contributed by atoms with Gasteiger partial charge in [-0.2, -0.15) is 0 Å². The van der Waals surface area contributed by atoms with Crippen LogP contribution in [0.5, 0.6) is 0 Å². The van der Waals surface area contributed by atoms with E-state index in [9.17, 15) is 4.79 Å². The van der Waals surface area contributed by atoms with Crippen LogP contribution in [-0.4, -0.2) is 23.7 Å². The monoisotopic (exact) mass is 219 g/mol. The molecule has 1 aliphatic rings. The summed E-state index contributed by atoms with van der Waals surface area (Å²) in [6.45, 7) is 5.05. The zero-order chi connectivity index (χ0) is 11.7. The summed E-state index contributed by atoms with van der Waals surface area (Å²) in [5, 5.41) is 9.08. The second-order valence-corrected chi connectivity index (χ2v) is 4.49. The molecule has 86 valence electrons. The van der Waals surface area contributed by atoms with Crippen molar-refractivity contribution >= 4 is 11.7 Å². The minimum absolute atomic E-state index is 0.414. The van der Waals surface area contributed by atoms with Crippen molar-refractivity contribution < 1.29 is 9.90 Å². The van der Waals surface area contributed by atoms with E-state index in [1.165, 1.54) is 12.8 Å². The molecule has 0 spiro atoms. The third-order valence-corrected chi connectivity index (χ3v) is 3.34. The molecule has 0 aliphatic carbocycles. The molecule has 1 aromatic rings. The van der Waals surface area contributed by atoms with Gasteiger partial charge in [0.05, 0.1) is 5.56 Å². The van der Waals surface area contributed by atoms with Crippen LogP contribution in [0.25, 0.3) is 0 Å². The summed E-state index contributed by atoms with van der Waals surface area (Å²) in [6.07, 6.45) is 2.38. The summed E-state index contributed by atoms with van der Waals surface area (Å²) in [5.74, 6) is -0.841. The first kappa shape index (κ1) is 11.0. The minimum Gasteiger partial charge on any atom is -0.478 e. The first-order valence-electron chi connectivity index (χ1n) is 5.70. The van der Waals surface area contributed by atoms with Crippen LogP contribution in [0, 0.1) is 6.92 Å². The molecule has 1 aromatic carbocycles. The van der Waals surface area contributed by atoms with E-state index in [1.54, 1.807) is 6.07 Å². The molecule has 1 aliphatic heterocycles. The van der Waals surface area contributed by atoms with Gasteiger partial charge in [-0.15, -0.1) is 0 Å². The molecule has 2 rings (SSSR count). The van der Waals surface area contributed by atoms with Gasteiger partial charge in [0.1, 0.15) is 0 Å². The molecule has 1 atom stereocenters. The van der Waals surface area contributed by atoms with Crippen LogP contribution in [-0.2, 0) is 0 Å². The van der Waals surface area contributed by atoms with E-state index in [4.69, 9.17) is 5.11 Å². The number of nitrogens with zero attached hydrogens (tertiary/aromatic N) is 1. The maximum atomic E-state index is 11.1. The Balaban J connectivity index is 2.35. The van der Waals surface area contributed by atoms with Gasteiger partial charge in [0, 0.05) is 18.3 Å². The van der Waals surface area contributed by atoms with Crippen LogP contribution < -0.4 is 4.90 Å². The SMILES string of the molecule is Cc1ccc(N2CCCC2C)cc1C(=O)O. The highest BCUT2D eigenvalue weighted by molar-refractivity contribution is 5.90. The smallest absolute Gasteiger partial charge is 0.336 e. The van der Waals surface area contributed by atoms with Gasteiger partial charge < -0.3 is 10.0 Å². The van der Waals surface area contributed by atoms with Crippen LogP contribution in [0.2, 0.25) is 0 Å². The number of carboxylic acid groups (broad SMARTS) is 1. The summed E-state index contributed by atoms with van der Waals surface area (Å²) >= 11 is 0. The highest BCUT2D eigenvalue weighted by Crippen LogP contribution is 2.27. The standard InChI is InChI=1S/C13H17NO2/c1-9-5-6-11(8-12(9)13(15)16)14-7-3-4-10(14)2/h5-6,8,10H,3-4,7H2,1-2H3,(H,15,16). The van der Waals surface area contributed by atoms with Gasteiger partial charge in [-0.3, -0.25) is 0 Å². The zero-order valence-corrected chi connectivity index (χ0v) is 9.73. The number of rotatable bonds is 2.